The van der Waals surface area contributed by atoms with Gasteiger partial charge in [0.1, 0.15) is 0 Å². The molecule has 94 valence electrons. The highest BCUT2D eigenvalue weighted by molar-refractivity contribution is 7.12. The molecule has 1 aromatic heterocycles. The molecule has 0 aromatic carbocycles. The van der Waals surface area contributed by atoms with E-state index in [9.17, 15) is 4.79 Å². The molecule has 17 heavy (non-hydrogen) atoms. The zero-order chi connectivity index (χ0) is 12.4. The third kappa shape index (κ3) is 3.07. The lowest BCUT2D eigenvalue weighted by Crippen LogP contribution is -2.38. The summed E-state index contributed by atoms with van der Waals surface area (Å²) in [6.07, 6.45) is 1.83. The number of aliphatic carboxylic acids is 1. The van der Waals surface area contributed by atoms with E-state index in [0.29, 0.717) is 6.54 Å². The van der Waals surface area contributed by atoms with Crippen molar-refractivity contribution in [1.29, 1.82) is 0 Å². The monoisotopic (exact) mass is 253 g/mol. The van der Waals surface area contributed by atoms with E-state index in [2.05, 4.69) is 24.8 Å². The Hall–Kier alpha value is -0.870. The van der Waals surface area contributed by atoms with Gasteiger partial charge in [0.05, 0.1) is 5.92 Å². The number of carbonyl (C=O) groups is 1. The van der Waals surface area contributed by atoms with Gasteiger partial charge in [0, 0.05) is 22.8 Å². The minimum absolute atomic E-state index is 0.177. The summed E-state index contributed by atoms with van der Waals surface area (Å²) in [5.74, 6) is -0.822. The average molecular weight is 253 g/mol. The minimum Gasteiger partial charge on any atom is -0.481 e. The maximum atomic E-state index is 11.0. The SMILES string of the molecule is Cc1cc(CN2CCCC(C(=O)O)C2)c(C)s1. The van der Waals surface area contributed by atoms with E-state index in [4.69, 9.17) is 5.11 Å². The Balaban J connectivity index is 1.99. The van der Waals surface area contributed by atoms with E-state index in [-0.39, 0.29) is 5.92 Å². The van der Waals surface area contributed by atoms with Gasteiger partial charge in [0.25, 0.3) is 0 Å². The molecule has 0 spiro atoms. The molecular formula is C13H19NO2S. The van der Waals surface area contributed by atoms with Crippen LogP contribution in [0.1, 0.15) is 28.2 Å². The molecule has 0 radical (unpaired) electrons. The molecule has 1 atom stereocenters. The van der Waals surface area contributed by atoms with Gasteiger partial charge in [0.2, 0.25) is 0 Å². The van der Waals surface area contributed by atoms with Gasteiger partial charge in [-0.2, -0.15) is 0 Å². The summed E-state index contributed by atoms with van der Waals surface area (Å²) in [4.78, 5) is 16.0. The summed E-state index contributed by atoms with van der Waals surface area (Å²) in [6, 6.07) is 2.23. The molecule has 1 fully saturated rings. The predicted octanol–water partition coefficient (Wildman–Crippen LogP) is 2.66. The number of aryl methyl sites for hydroxylation is 2. The number of hydrogen-bond acceptors (Lipinski definition) is 3. The molecule has 1 saturated heterocycles. The topological polar surface area (TPSA) is 40.5 Å². The molecule has 0 amide bonds. The van der Waals surface area contributed by atoms with Crippen LogP contribution in [0.2, 0.25) is 0 Å². The largest absolute Gasteiger partial charge is 0.481 e. The van der Waals surface area contributed by atoms with Gasteiger partial charge < -0.3 is 5.11 Å². The fraction of sp³-hybridized carbons (Fsp3) is 0.615. The Morgan fingerprint density at radius 3 is 2.94 bits per heavy atom. The van der Waals surface area contributed by atoms with Crippen molar-refractivity contribution in [1.82, 2.24) is 4.90 Å². The highest BCUT2D eigenvalue weighted by Gasteiger charge is 2.25. The van der Waals surface area contributed by atoms with Crippen LogP contribution in [-0.4, -0.2) is 29.1 Å². The van der Waals surface area contributed by atoms with Gasteiger partial charge in [-0.15, -0.1) is 11.3 Å². The number of carboxylic acids is 1. The molecular weight excluding hydrogens is 234 g/mol. The lowest BCUT2D eigenvalue weighted by molar-refractivity contribution is -0.143. The summed E-state index contributed by atoms with van der Waals surface area (Å²) >= 11 is 1.82. The number of piperidine rings is 1. The van der Waals surface area contributed by atoms with Crippen LogP contribution >= 0.6 is 11.3 Å². The van der Waals surface area contributed by atoms with Crippen LogP contribution < -0.4 is 0 Å². The molecule has 1 N–H and O–H groups in total. The summed E-state index contributed by atoms with van der Waals surface area (Å²) in [5.41, 5.74) is 1.36. The van der Waals surface area contributed by atoms with Gasteiger partial charge >= 0.3 is 5.97 Å². The number of carboxylic acid groups (broad SMARTS) is 1. The Morgan fingerprint density at radius 2 is 2.35 bits per heavy atom. The number of rotatable bonds is 3. The average Bonchev–Trinajstić information content (AvgIpc) is 2.58. The van der Waals surface area contributed by atoms with Crippen molar-refractivity contribution in [3.8, 4) is 0 Å². The van der Waals surface area contributed by atoms with Crippen LogP contribution in [0.25, 0.3) is 0 Å². The predicted molar refractivity (Wildman–Crippen MR) is 69.4 cm³/mol. The Morgan fingerprint density at radius 1 is 1.59 bits per heavy atom. The Labute approximate surface area is 106 Å². The second-order valence-corrected chi connectivity index (χ2v) is 6.31. The van der Waals surface area contributed by atoms with Crippen molar-refractivity contribution in [2.24, 2.45) is 5.92 Å². The highest BCUT2D eigenvalue weighted by atomic mass is 32.1. The molecule has 3 nitrogen and oxygen atoms in total. The van der Waals surface area contributed by atoms with Crippen LogP contribution in [0, 0.1) is 19.8 Å². The van der Waals surface area contributed by atoms with E-state index >= 15 is 0 Å². The number of hydrogen-bond donors (Lipinski definition) is 1. The molecule has 1 aromatic rings. The van der Waals surface area contributed by atoms with Gasteiger partial charge in [-0.3, -0.25) is 9.69 Å². The van der Waals surface area contributed by atoms with Gasteiger partial charge in [0.15, 0.2) is 0 Å². The molecule has 1 aliphatic heterocycles. The third-order valence-electron chi connectivity index (χ3n) is 3.39. The van der Waals surface area contributed by atoms with E-state index in [1.54, 1.807) is 0 Å². The van der Waals surface area contributed by atoms with Gasteiger partial charge in [-0.05, 0) is 44.9 Å². The Kier molecular flexibility index (Phi) is 3.84. The van der Waals surface area contributed by atoms with Crippen molar-refractivity contribution in [3.63, 3.8) is 0 Å². The molecule has 0 aliphatic carbocycles. The van der Waals surface area contributed by atoms with Crippen molar-refractivity contribution in [2.75, 3.05) is 13.1 Å². The van der Waals surface area contributed by atoms with Gasteiger partial charge in [-0.25, -0.2) is 0 Å². The number of likely N-dealkylation sites (tertiary alicyclic amines) is 1. The number of thiophene rings is 1. The first-order chi connectivity index (χ1) is 8.06. The zero-order valence-corrected chi connectivity index (χ0v) is 11.2. The van der Waals surface area contributed by atoms with Crippen LogP contribution in [0.3, 0.4) is 0 Å². The minimum atomic E-state index is -0.645. The first-order valence-corrected chi connectivity index (χ1v) is 6.89. The van der Waals surface area contributed by atoms with Crippen LogP contribution in [-0.2, 0) is 11.3 Å². The lowest BCUT2D eigenvalue weighted by atomic mass is 9.98. The van der Waals surface area contributed by atoms with Crippen LogP contribution in [0.4, 0.5) is 0 Å². The summed E-state index contributed by atoms with van der Waals surface area (Å²) in [5, 5.41) is 9.06. The van der Waals surface area contributed by atoms with Crippen molar-refractivity contribution in [3.05, 3.63) is 21.4 Å². The lowest BCUT2D eigenvalue weighted by Gasteiger charge is -2.30. The molecule has 0 bridgehead atoms. The quantitative estimate of drug-likeness (QED) is 0.900. The van der Waals surface area contributed by atoms with Crippen molar-refractivity contribution in [2.45, 2.75) is 33.2 Å². The van der Waals surface area contributed by atoms with E-state index in [0.717, 1.165) is 25.9 Å². The summed E-state index contributed by atoms with van der Waals surface area (Å²) in [7, 11) is 0. The maximum Gasteiger partial charge on any atom is 0.307 e. The fourth-order valence-electron chi connectivity index (χ4n) is 2.48. The van der Waals surface area contributed by atoms with Crippen LogP contribution in [0.5, 0.6) is 0 Å². The Bertz CT molecular complexity index is 414. The molecule has 1 unspecified atom stereocenters. The zero-order valence-electron chi connectivity index (χ0n) is 10.4. The second kappa shape index (κ2) is 5.19. The van der Waals surface area contributed by atoms with Crippen molar-refractivity contribution >= 4 is 17.3 Å². The molecule has 0 saturated carbocycles. The highest BCUT2D eigenvalue weighted by Crippen LogP contribution is 2.24. The van der Waals surface area contributed by atoms with E-state index in [1.165, 1.54) is 15.3 Å². The van der Waals surface area contributed by atoms with Crippen molar-refractivity contribution < 1.29 is 9.90 Å². The number of nitrogens with zero attached hydrogens (tertiary/aromatic N) is 1. The molecule has 2 rings (SSSR count). The third-order valence-corrected chi connectivity index (χ3v) is 4.40. The first-order valence-electron chi connectivity index (χ1n) is 6.07. The van der Waals surface area contributed by atoms with Crippen LogP contribution in [0.15, 0.2) is 6.07 Å². The van der Waals surface area contributed by atoms with Gasteiger partial charge in [-0.1, -0.05) is 0 Å². The van der Waals surface area contributed by atoms with E-state index in [1.807, 2.05) is 11.3 Å². The normalized spacial score (nSPS) is 21.6. The standard InChI is InChI=1S/C13H19NO2S/c1-9-6-12(10(2)17-9)8-14-5-3-4-11(7-14)13(15)16/h6,11H,3-5,7-8H2,1-2H3,(H,15,16). The first kappa shape index (κ1) is 12.6. The maximum absolute atomic E-state index is 11.0. The smallest absolute Gasteiger partial charge is 0.307 e. The molecule has 4 heteroatoms. The molecule has 1 aliphatic rings. The fourth-order valence-corrected chi connectivity index (χ4v) is 3.42. The molecule has 2 heterocycles. The summed E-state index contributed by atoms with van der Waals surface area (Å²) in [6.45, 7) is 6.89. The van der Waals surface area contributed by atoms with E-state index < -0.39 is 5.97 Å². The second-order valence-electron chi connectivity index (χ2n) is 4.85. The summed E-state index contributed by atoms with van der Waals surface area (Å²) < 4.78 is 0.